The largest absolute Gasteiger partial charge is 0.423 e. The van der Waals surface area contributed by atoms with Crippen LogP contribution in [0.15, 0.2) is 24.5 Å². The molecule has 84 valence electrons. The van der Waals surface area contributed by atoms with Crippen LogP contribution in [0.5, 0.6) is 0 Å². The number of pyridine rings is 1. The van der Waals surface area contributed by atoms with E-state index >= 15 is 0 Å². The zero-order valence-electron chi connectivity index (χ0n) is 7.99. The van der Waals surface area contributed by atoms with Crippen LogP contribution >= 0.6 is 0 Å². The smallest absolute Gasteiger partial charge is 0.375 e. The molecule has 0 aliphatic heterocycles. The Morgan fingerprint density at radius 3 is 2.40 bits per heavy atom. The summed E-state index contributed by atoms with van der Waals surface area (Å²) >= 11 is 0. The molecule has 2 unspecified atom stereocenters. The van der Waals surface area contributed by atoms with Crippen molar-refractivity contribution in [3.63, 3.8) is 0 Å². The van der Waals surface area contributed by atoms with Crippen molar-refractivity contribution in [2.45, 2.75) is 24.7 Å². The maximum absolute atomic E-state index is 12.7. The zero-order valence-corrected chi connectivity index (χ0v) is 7.99. The predicted octanol–water partition coefficient (Wildman–Crippen LogP) is 1.18. The van der Waals surface area contributed by atoms with Crippen LogP contribution in [0.25, 0.3) is 0 Å². The van der Waals surface area contributed by atoms with Gasteiger partial charge in [-0.1, -0.05) is 6.07 Å². The normalized spacial score (nSPS) is 18.3. The van der Waals surface area contributed by atoms with Crippen LogP contribution in [0.4, 0.5) is 13.2 Å². The van der Waals surface area contributed by atoms with Crippen molar-refractivity contribution in [2.24, 2.45) is 5.73 Å². The topological polar surface area (TPSA) is 59.1 Å². The Balaban J connectivity index is 3.26. The molecule has 15 heavy (non-hydrogen) atoms. The number of rotatable bonds is 2. The summed E-state index contributed by atoms with van der Waals surface area (Å²) in [6, 6.07) is 0.986. The molecule has 2 atom stereocenters. The molecular weight excluding hydrogens is 209 g/mol. The highest BCUT2D eigenvalue weighted by Gasteiger charge is 2.57. The molecule has 0 aliphatic carbocycles. The third-order valence-electron chi connectivity index (χ3n) is 2.19. The number of aromatic nitrogens is 1. The highest BCUT2D eigenvalue weighted by molar-refractivity contribution is 5.22. The number of hydrogen-bond donors (Lipinski definition) is 2. The van der Waals surface area contributed by atoms with E-state index in [-0.39, 0.29) is 5.56 Å². The SMILES string of the molecule is CC(N)C(O)(c1cccnc1)C(F)(F)F. The Bertz CT molecular complexity index is 326. The molecule has 0 aliphatic rings. The molecule has 0 radical (unpaired) electrons. The molecule has 0 amide bonds. The summed E-state index contributed by atoms with van der Waals surface area (Å²) in [7, 11) is 0. The van der Waals surface area contributed by atoms with E-state index in [1.54, 1.807) is 0 Å². The first-order valence-corrected chi connectivity index (χ1v) is 4.25. The highest BCUT2D eigenvalue weighted by Crippen LogP contribution is 2.40. The van der Waals surface area contributed by atoms with Gasteiger partial charge >= 0.3 is 6.18 Å². The van der Waals surface area contributed by atoms with Crippen molar-refractivity contribution >= 4 is 0 Å². The fourth-order valence-corrected chi connectivity index (χ4v) is 1.27. The van der Waals surface area contributed by atoms with E-state index in [0.717, 1.165) is 19.2 Å². The molecular formula is C9H11F3N2O. The third kappa shape index (κ3) is 1.95. The molecule has 1 aromatic heterocycles. The van der Waals surface area contributed by atoms with Crippen LogP contribution in [0.3, 0.4) is 0 Å². The minimum atomic E-state index is -4.83. The second-order valence-electron chi connectivity index (χ2n) is 3.29. The first-order valence-electron chi connectivity index (χ1n) is 4.25. The summed E-state index contributed by atoms with van der Waals surface area (Å²) in [6.45, 7) is 1.10. The molecule has 1 rings (SSSR count). The lowest BCUT2D eigenvalue weighted by molar-refractivity contribution is -0.273. The highest BCUT2D eigenvalue weighted by atomic mass is 19.4. The van der Waals surface area contributed by atoms with Gasteiger partial charge in [0.1, 0.15) is 0 Å². The average molecular weight is 220 g/mol. The van der Waals surface area contributed by atoms with Crippen molar-refractivity contribution in [3.05, 3.63) is 30.1 Å². The molecule has 3 N–H and O–H groups in total. The second kappa shape index (κ2) is 3.79. The number of aliphatic hydroxyl groups is 1. The number of alkyl halides is 3. The van der Waals surface area contributed by atoms with Crippen LogP contribution in [0.1, 0.15) is 12.5 Å². The lowest BCUT2D eigenvalue weighted by Gasteiger charge is -2.33. The van der Waals surface area contributed by atoms with Crippen LogP contribution < -0.4 is 5.73 Å². The Morgan fingerprint density at radius 1 is 1.47 bits per heavy atom. The van der Waals surface area contributed by atoms with Gasteiger partial charge in [-0.3, -0.25) is 4.98 Å². The van der Waals surface area contributed by atoms with E-state index in [9.17, 15) is 18.3 Å². The van der Waals surface area contributed by atoms with Crippen molar-refractivity contribution < 1.29 is 18.3 Å². The summed E-state index contributed by atoms with van der Waals surface area (Å²) in [5.41, 5.74) is 1.78. The third-order valence-corrected chi connectivity index (χ3v) is 2.19. The number of nitrogens with two attached hydrogens (primary N) is 1. The second-order valence-corrected chi connectivity index (χ2v) is 3.29. The number of nitrogens with zero attached hydrogens (tertiary/aromatic N) is 1. The molecule has 0 spiro atoms. The van der Waals surface area contributed by atoms with Crippen molar-refractivity contribution in [1.82, 2.24) is 4.98 Å². The summed E-state index contributed by atoms with van der Waals surface area (Å²) in [4.78, 5) is 3.53. The Morgan fingerprint density at radius 2 is 2.07 bits per heavy atom. The predicted molar refractivity (Wildman–Crippen MR) is 47.8 cm³/mol. The summed E-state index contributed by atoms with van der Waals surface area (Å²) < 4.78 is 38.0. The van der Waals surface area contributed by atoms with Gasteiger partial charge in [0.25, 0.3) is 0 Å². The van der Waals surface area contributed by atoms with Crippen molar-refractivity contribution in [1.29, 1.82) is 0 Å². The first-order chi connectivity index (χ1) is 6.80. The molecule has 3 nitrogen and oxygen atoms in total. The maximum atomic E-state index is 12.7. The first kappa shape index (κ1) is 11.9. The van der Waals surface area contributed by atoms with Gasteiger partial charge in [-0.15, -0.1) is 0 Å². The van der Waals surface area contributed by atoms with E-state index in [1.165, 1.54) is 12.3 Å². The van der Waals surface area contributed by atoms with Gasteiger partial charge in [-0.05, 0) is 13.0 Å². The standard InChI is InChI=1S/C9H11F3N2O/c1-6(13)8(15,9(10,11)12)7-3-2-4-14-5-7/h2-6,15H,13H2,1H3. The van der Waals surface area contributed by atoms with Gasteiger partial charge in [-0.2, -0.15) is 13.2 Å². The summed E-state index contributed by atoms with van der Waals surface area (Å²) in [5.74, 6) is 0. The van der Waals surface area contributed by atoms with Gasteiger partial charge in [0.2, 0.25) is 5.60 Å². The Kier molecular flexibility index (Phi) is 3.01. The van der Waals surface area contributed by atoms with Crippen LogP contribution in [-0.4, -0.2) is 22.3 Å². The summed E-state index contributed by atoms with van der Waals surface area (Å²) in [5, 5.41) is 9.61. The van der Waals surface area contributed by atoms with E-state index < -0.39 is 17.8 Å². The lowest BCUT2D eigenvalue weighted by Crippen LogP contribution is -2.54. The van der Waals surface area contributed by atoms with Crippen molar-refractivity contribution in [3.8, 4) is 0 Å². The molecule has 0 saturated heterocycles. The fourth-order valence-electron chi connectivity index (χ4n) is 1.27. The lowest BCUT2D eigenvalue weighted by atomic mass is 9.88. The molecule has 1 aromatic rings. The molecule has 0 fully saturated rings. The monoisotopic (exact) mass is 220 g/mol. The van der Waals surface area contributed by atoms with E-state index in [0.29, 0.717) is 0 Å². The maximum Gasteiger partial charge on any atom is 0.423 e. The van der Waals surface area contributed by atoms with Gasteiger partial charge in [0.05, 0.1) is 0 Å². The van der Waals surface area contributed by atoms with Crippen molar-refractivity contribution in [2.75, 3.05) is 0 Å². The van der Waals surface area contributed by atoms with Crippen LogP contribution in [-0.2, 0) is 5.60 Å². The van der Waals surface area contributed by atoms with Crippen LogP contribution in [0.2, 0.25) is 0 Å². The average Bonchev–Trinajstić information content (AvgIpc) is 2.16. The van der Waals surface area contributed by atoms with Gasteiger partial charge in [0, 0.05) is 24.0 Å². The fraction of sp³-hybridized carbons (Fsp3) is 0.444. The molecule has 6 heteroatoms. The quantitative estimate of drug-likeness (QED) is 0.786. The minimum Gasteiger partial charge on any atom is -0.375 e. The number of halogens is 3. The van der Waals surface area contributed by atoms with E-state index in [1.807, 2.05) is 0 Å². The van der Waals surface area contributed by atoms with E-state index in [2.05, 4.69) is 4.98 Å². The molecule has 1 heterocycles. The Labute approximate surface area is 84.7 Å². The molecule has 0 saturated carbocycles. The Hall–Kier alpha value is -1.14. The summed E-state index contributed by atoms with van der Waals surface area (Å²) in [6.07, 6.45) is -2.55. The van der Waals surface area contributed by atoms with Gasteiger partial charge in [-0.25, -0.2) is 0 Å². The zero-order chi connectivity index (χ0) is 11.7. The number of hydrogen-bond acceptors (Lipinski definition) is 3. The van der Waals surface area contributed by atoms with Crippen LogP contribution in [0, 0.1) is 0 Å². The molecule has 0 aromatic carbocycles. The van der Waals surface area contributed by atoms with E-state index in [4.69, 9.17) is 5.73 Å². The molecule has 0 bridgehead atoms. The van der Waals surface area contributed by atoms with Gasteiger partial charge in [0.15, 0.2) is 0 Å². The minimum absolute atomic E-state index is 0.354. The van der Waals surface area contributed by atoms with Gasteiger partial charge < -0.3 is 10.8 Å².